The molecule has 0 aliphatic carbocycles. The van der Waals surface area contributed by atoms with Crippen molar-refractivity contribution in [2.75, 3.05) is 13.2 Å². The molecule has 10 heavy (non-hydrogen) atoms. The fourth-order valence-corrected chi connectivity index (χ4v) is 0.737. The van der Waals surface area contributed by atoms with Crippen molar-refractivity contribution >= 4 is 18.3 Å². The minimum absolute atomic E-state index is 0. The molecule has 0 unspecified atom stereocenters. The third kappa shape index (κ3) is 1.59. The molecule has 1 aliphatic rings. The van der Waals surface area contributed by atoms with E-state index in [2.05, 4.69) is 0 Å². The van der Waals surface area contributed by atoms with E-state index in [1.807, 2.05) is 6.92 Å². The lowest BCUT2D eigenvalue weighted by atomic mass is 10.3. The van der Waals surface area contributed by atoms with Gasteiger partial charge in [-0.25, -0.2) is 5.06 Å². The van der Waals surface area contributed by atoms with Crippen molar-refractivity contribution in [3.05, 3.63) is 0 Å². The second-order valence-corrected chi connectivity index (χ2v) is 1.94. The molecule has 5 heteroatoms. The van der Waals surface area contributed by atoms with E-state index in [-0.39, 0.29) is 18.3 Å². The van der Waals surface area contributed by atoms with Crippen LogP contribution in [0.15, 0.2) is 0 Å². The molecular weight excluding hydrogens is 156 g/mol. The summed E-state index contributed by atoms with van der Waals surface area (Å²) in [5, 5.41) is 1.28. The SMILES string of the molecule is CCN1OC[C@H](N)C1=O.Cl. The number of hydrogen-bond acceptors (Lipinski definition) is 3. The highest BCUT2D eigenvalue weighted by atomic mass is 35.5. The molecule has 1 rings (SSSR count). The number of nitrogens with two attached hydrogens (primary N) is 1. The number of carbonyl (C=O) groups excluding carboxylic acids is 1. The highest BCUT2D eigenvalue weighted by molar-refractivity contribution is 5.85. The average molecular weight is 167 g/mol. The van der Waals surface area contributed by atoms with Crippen LogP contribution in [-0.2, 0) is 9.63 Å². The van der Waals surface area contributed by atoms with Crippen molar-refractivity contribution in [1.82, 2.24) is 5.06 Å². The molecule has 1 fully saturated rings. The summed E-state index contributed by atoms with van der Waals surface area (Å²) >= 11 is 0. The Bertz CT molecular complexity index is 131. The van der Waals surface area contributed by atoms with Gasteiger partial charge in [-0.3, -0.25) is 9.63 Å². The lowest BCUT2D eigenvalue weighted by molar-refractivity contribution is -0.160. The van der Waals surface area contributed by atoms with Gasteiger partial charge in [0.1, 0.15) is 6.04 Å². The summed E-state index contributed by atoms with van der Waals surface area (Å²) < 4.78 is 0. The largest absolute Gasteiger partial charge is 0.318 e. The van der Waals surface area contributed by atoms with Gasteiger partial charge in [0.05, 0.1) is 6.61 Å². The van der Waals surface area contributed by atoms with Gasteiger partial charge in [0.15, 0.2) is 0 Å². The van der Waals surface area contributed by atoms with Gasteiger partial charge in [-0.05, 0) is 6.92 Å². The summed E-state index contributed by atoms with van der Waals surface area (Å²) in [7, 11) is 0. The number of rotatable bonds is 1. The number of likely N-dealkylation sites (N-methyl/N-ethyl adjacent to an activating group) is 1. The van der Waals surface area contributed by atoms with Crippen LogP contribution in [-0.4, -0.2) is 30.2 Å². The first-order valence-electron chi connectivity index (χ1n) is 2.95. The molecule has 1 aliphatic heterocycles. The molecular formula is C5H11ClN2O2. The second-order valence-electron chi connectivity index (χ2n) is 1.94. The second kappa shape index (κ2) is 3.75. The minimum atomic E-state index is -0.440. The quantitative estimate of drug-likeness (QED) is 0.573. The van der Waals surface area contributed by atoms with Crippen LogP contribution in [0.2, 0.25) is 0 Å². The Hall–Kier alpha value is -0.320. The highest BCUT2D eigenvalue weighted by Crippen LogP contribution is 2.03. The molecule has 0 spiro atoms. The molecule has 0 aromatic rings. The van der Waals surface area contributed by atoms with Gasteiger partial charge in [0, 0.05) is 6.54 Å². The molecule has 4 nitrogen and oxygen atoms in total. The van der Waals surface area contributed by atoms with Crippen LogP contribution in [0.4, 0.5) is 0 Å². The zero-order valence-corrected chi connectivity index (χ0v) is 6.56. The maximum absolute atomic E-state index is 10.8. The lowest BCUT2D eigenvalue weighted by Gasteiger charge is -2.08. The Morgan fingerprint density at radius 2 is 2.50 bits per heavy atom. The van der Waals surface area contributed by atoms with E-state index in [4.69, 9.17) is 10.6 Å². The Labute approximate surface area is 65.7 Å². The fourth-order valence-electron chi connectivity index (χ4n) is 0.737. The van der Waals surface area contributed by atoms with Gasteiger partial charge in [0.25, 0.3) is 5.91 Å². The number of nitrogens with zero attached hydrogens (tertiary/aromatic N) is 1. The normalized spacial score (nSPS) is 24.8. The van der Waals surface area contributed by atoms with E-state index >= 15 is 0 Å². The Morgan fingerprint density at radius 3 is 2.70 bits per heavy atom. The van der Waals surface area contributed by atoms with Crippen molar-refractivity contribution in [2.24, 2.45) is 5.73 Å². The third-order valence-electron chi connectivity index (χ3n) is 1.26. The van der Waals surface area contributed by atoms with Crippen molar-refractivity contribution in [2.45, 2.75) is 13.0 Å². The van der Waals surface area contributed by atoms with Crippen molar-refractivity contribution in [1.29, 1.82) is 0 Å². The zero-order valence-electron chi connectivity index (χ0n) is 5.74. The van der Waals surface area contributed by atoms with Gasteiger partial charge in [-0.2, -0.15) is 0 Å². The average Bonchev–Trinajstić information content (AvgIpc) is 2.15. The molecule has 0 saturated carbocycles. The standard InChI is InChI=1S/C5H10N2O2.ClH/c1-2-7-5(8)4(6)3-9-7;/h4H,2-3,6H2,1H3;1H/t4-;/m0./s1. The first-order chi connectivity index (χ1) is 4.25. The third-order valence-corrected chi connectivity index (χ3v) is 1.26. The smallest absolute Gasteiger partial charge is 0.265 e. The first kappa shape index (κ1) is 9.68. The monoisotopic (exact) mass is 166 g/mol. The van der Waals surface area contributed by atoms with Crippen LogP contribution < -0.4 is 5.73 Å². The van der Waals surface area contributed by atoms with E-state index in [0.717, 1.165) is 0 Å². The van der Waals surface area contributed by atoms with Crippen LogP contribution in [0.5, 0.6) is 0 Å². The summed E-state index contributed by atoms with van der Waals surface area (Å²) in [6, 6.07) is -0.440. The number of hydrogen-bond donors (Lipinski definition) is 1. The number of carbonyl (C=O) groups is 1. The molecule has 1 heterocycles. The van der Waals surface area contributed by atoms with E-state index in [9.17, 15) is 4.79 Å². The van der Waals surface area contributed by atoms with Crippen molar-refractivity contribution < 1.29 is 9.63 Å². The maximum atomic E-state index is 10.8. The van der Waals surface area contributed by atoms with Crippen LogP contribution in [0.3, 0.4) is 0 Å². The summed E-state index contributed by atoms with van der Waals surface area (Å²) in [5.41, 5.74) is 5.33. The van der Waals surface area contributed by atoms with Gasteiger partial charge in [0.2, 0.25) is 0 Å². The summed E-state index contributed by atoms with van der Waals surface area (Å²) in [6.07, 6.45) is 0. The molecule has 0 bridgehead atoms. The Kier molecular flexibility index (Phi) is 3.63. The van der Waals surface area contributed by atoms with Crippen molar-refractivity contribution in [3.8, 4) is 0 Å². The minimum Gasteiger partial charge on any atom is -0.318 e. The highest BCUT2D eigenvalue weighted by Gasteiger charge is 2.28. The fraction of sp³-hybridized carbons (Fsp3) is 0.800. The maximum Gasteiger partial charge on any atom is 0.265 e. The van der Waals surface area contributed by atoms with E-state index in [0.29, 0.717) is 13.2 Å². The van der Waals surface area contributed by atoms with Gasteiger partial charge < -0.3 is 5.73 Å². The molecule has 0 radical (unpaired) electrons. The lowest BCUT2D eigenvalue weighted by Crippen LogP contribution is -2.34. The molecule has 1 amide bonds. The van der Waals surface area contributed by atoms with E-state index < -0.39 is 6.04 Å². The van der Waals surface area contributed by atoms with E-state index in [1.54, 1.807) is 0 Å². The predicted molar refractivity (Wildman–Crippen MR) is 38.6 cm³/mol. The van der Waals surface area contributed by atoms with Crippen LogP contribution in [0.1, 0.15) is 6.92 Å². The molecule has 60 valence electrons. The number of halogens is 1. The van der Waals surface area contributed by atoms with Gasteiger partial charge >= 0.3 is 0 Å². The molecule has 0 aromatic carbocycles. The topological polar surface area (TPSA) is 55.6 Å². The van der Waals surface area contributed by atoms with Crippen molar-refractivity contribution in [3.63, 3.8) is 0 Å². The van der Waals surface area contributed by atoms with Crippen LogP contribution in [0.25, 0.3) is 0 Å². The van der Waals surface area contributed by atoms with E-state index in [1.165, 1.54) is 5.06 Å². The van der Waals surface area contributed by atoms with Gasteiger partial charge in [-0.1, -0.05) is 0 Å². The molecule has 0 aromatic heterocycles. The molecule has 1 atom stereocenters. The first-order valence-corrected chi connectivity index (χ1v) is 2.95. The predicted octanol–water partition coefficient (Wildman–Crippen LogP) is -0.471. The Morgan fingerprint density at radius 1 is 1.90 bits per heavy atom. The molecule has 1 saturated heterocycles. The summed E-state index contributed by atoms with van der Waals surface area (Å²) in [5.74, 6) is -0.113. The van der Waals surface area contributed by atoms with Crippen LogP contribution in [0, 0.1) is 0 Å². The zero-order chi connectivity index (χ0) is 6.85. The van der Waals surface area contributed by atoms with Crippen LogP contribution >= 0.6 is 12.4 Å². The number of amides is 1. The van der Waals surface area contributed by atoms with Gasteiger partial charge in [-0.15, -0.1) is 12.4 Å². The summed E-state index contributed by atoms with van der Waals surface area (Å²) in [4.78, 5) is 15.7. The molecule has 2 N–H and O–H groups in total. The number of hydroxylamine groups is 2. The Balaban J connectivity index is 0.000000810. The summed E-state index contributed by atoms with van der Waals surface area (Å²) in [6.45, 7) is 2.75.